The molecule has 0 saturated heterocycles. The second-order valence-corrected chi connectivity index (χ2v) is 4.88. The van der Waals surface area contributed by atoms with E-state index in [4.69, 9.17) is 0 Å². The normalized spacial score (nSPS) is 10.4. The van der Waals surface area contributed by atoms with E-state index >= 15 is 0 Å². The summed E-state index contributed by atoms with van der Waals surface area (Å²) >= 11 is 0. The maximum Gasteiger partial charge on any atom is 0.209 e. The van der Waals surface area contributed by atoms with Gasteiger partial charge < -0.3 is 4.90 Å². The molecule has 1 amide bonds. The van der Waals surface area contributed by atoms with Crippen molar-refractivity contribution in [2.24, 2.45) is 0 Å². The topological polar surface area (TPSA) is 20.3 Å². The highest BCUT2D eigenvalue weighted by atomic mass is 19.1. The van der Waals surface area contributed by atoms with E-state index < -0.39 is 11.6 Å². The Kier molecular flexibility index (Phi) is 8.13. The minimum atomic E-state index is -0.604. The number of benzene rings is 1. The first-order valence-corrected chi connectivity index (χ1v) is 6.16. The number of carbonyl (C=O) groups is 1. The van der Waals surface area contributed by atoms with Crippen molar-refractivity contribution in [1.29, 1.82) is 0 Å². The Bertz CT molecular complexity index is 491. The summed E-state index contributed by atoms with van der Waals surface area (Å²) in [6, 6.07) is 3.41. The maximum absolute atomic E-state index is 13.3. The van der Waals surface area contributed by atoms with Crippen LogP contribution < -0.4 is 0 Å². The van der Waals surface area contributed by atoms with E-state index in [1.807, 2.05) is 13.8 Å². The molecule has 2 nitrogen and oxygen atoms in total. The van der Waals surface area contributed by atoms with Crippen LogP contribution in [0.3, 0.4) is 0 Å². The molecule has 0 aliphatic carbocycles. The van der Waals surface area contributed by atoms with Gasteiger partial charge in [0.05, 0.1) is 0 Å². The lowest BCUT2D eigenvalue weighted by Gasteiger charge is -2.10. The SMILES string of the molecule is C/C(=C\c1ccc(F)cc1F)CN(C)C=O.C=C(C)C. The van der Waals surface area contributed by atoms with Crippen LogP contribution in [0.4, 0.5) is 8.78 Å². The fourth-order valence-electron chi connectivity index (χ4n) is 1.36. The zero-order valence-electron chi connectivity index (χ0n) is 12.4. The predicted octanol–water partition coefficient (Wildman–Crippen LogP) is 4.04. The average molecular weight is 281 g/mol. The second-order valence-electron chi connectivity index (χ2n) is 4.88. The first-order chi connectivity index (χ1) is 9.26. The molecule has 0 aliphatic heterocycles. The second kappa shape index (κ2) is 9.02. The monoisotopic (exact) mass is 281 g/mol. The highest BCUT2D eigenvalue weighted by Crippen LogP contribution is 2.13. The average Bonchev–Trinajstić information content (AvgIpc) is 2.32. The van der Waals surface area contributed by atoms with Gasteiger partial charge in [-0.1, -0.05) is 17.2 Å². The summed E-state index contributed by atoms with van der Waals surface area (Å²) in [5, 5.41) is 0. The van der Waals surface area contributed by atoms with Crippen molar-refractivity contribution >= 4 is 12.5 Å². The molecule has 1 aromatic rings. The summed E-state index contributed by atoms with van der Waals surface area (Å²) < 4.78 is 25.9. The Morgan fingerprint density at radius 2 is 1.85 bits per heavy atom. The number of amides is 1. The van der Waals surface area contributed by atoms with Crippen LogP contribution in [0.5, 0.6) is 0 Å². The molecule has 0 unspecified atom stereocenters. The van der Waals surface area contributed by atoms with Gasteiger partial charge in [-0.05, 0) is 32.9 Å². The van der Waals surface area contributed by atoms with Gasteiger partial charge in [-0.25, -0.2) is 8.78 Å². The highest BCUT2D eigenvalue weighted by Gasteiger charge is 2.02. The van der Waals surface area contributed by atoms with Gasteiger partial charge in [0, 0.05) is 25.2 Å². The third kappa shape index (κ3) is 8.19. The van der Waals surface area contributed by atoms with E-state index in [0.717, 1.165) is 11.6 Å². The molecule has 0 atom stereocenters. The molecule has 0 aliphatic rings. The molecule has 1 rings (SSSR count). The Morgan fingerprint density at radius 3 is 2.30 bits per heavy atom. The van der Waals surface area contributed by atoms with Crippen molar-refractivity contribution in [2.75, 3.05) is 13.6 Å². The molecule has 110 valence electrons. The smallest absolute Gasteiger partial charge is 0.209 e. The van der Waals surface area contributed by atoms with Crippen LogP contribution in [0.1, 0.15) is 26.3 Å². The Labute approximate surface area is 119 Å². The van der Waals surface area contributed by atoms with Crippen LogP contribution in [0.15, 0.2) is 35.9 Å². The number of carbonyl (C=O) groups excluding carboxylic acids is 1. The van der Waals surface area contributed by atoms with Gasteiger partial charge in [0.1, 0.15) is 11.6 Å². The van der Waals surface area contributed by atoms with Crippen LogP contribution in [0.2, 0.25) is 0 Å². The van der Waals surface area contributed by atoms with Gasteiger partial charge in [-0.3, -0.25) is 4.79 Å². The van der Waals surface area contributed by atoms with Crippen molar-refractivity contribution in [3.63, 3.8) is 0 Å². The van der Waals surface area contributed by atoms with E-state index in [-0.39, 0.29) is 0 Å². The Morgan fingerprint density at radius 1 is 1.30 bits per heavy atom. The first kappa shape index (κ1) is 18.0. The van der Waals surface area contributed by atoms with Crippen LogP contribution in [0, 0.1) is 11.6 Å². The van der Waals surface area contributed by atoms with Crippen LogP contribution in [-0.2, 0) is 4.79 Å². The van der Waals surface area contributed by atoms with E-state index in [2.05, 4.69) is 6.58 Å². The lowest BCUT2D eigenvalue weighted by atomic mass is 10.1. The standard InChI is InChI=1S/C12H13F2NO.C4H8/c1-9(7-15(2)8-16)5-10-3-4-11(13)6-12(10)14;1-4(2)3/h3-6,8H,7H2,1-2H3;1H2,2-3H3/b9-5+;. The number of nitrogens with zero attached hydrogens (tertiary/aromatic N) is 1. The molecule has 0 fully saturated rings. The molecule has 0 N–H and O–H groups in total. The summed E-state index contributed by atoms with van der Waals surface area (Å²) in [7, 11) is 1.63. The van der Waals surface area contributed by atoms with Crippen molar-refractivity contribution < 1.29 is 13.6 Å². The van der Waals surface area contributed by atoms with Crippen LogP contribution in [0.25, 0.3) is 6.08 Å². The molecule has 0 aromatic heterocycles. The molecule has 0 bridgehead atoms. The number of likely N-dealkylation sites (N-methyl/N-ethyl adjacent to an activating group) is 1. The van der Waals surface area contributed by atoms with Crippen molar-refractivity contribution in [3.05, 3.63) is 53.1 Å². The van der Waals surface area contributed by atoms with Gasteiger partial charge in [0.15, 0.2) is 0 Å². The minimum absolute atomic E-state index is 0.318. The molecule has 0 radical (unpaired) electrons. The molecule has 0 heterocycles. The fraction of sp³-hybridized carbons (Fsp3) is 0.312. The van der Waals surface area contributed by atoms with Crippen LogP contribution in [-0.4, -0.2) is 24.9 Å². The van der Waals surface area contributed by atoms with E-state index in [0.29, 0.717) is 18.5 Å². The summed E-state index contributed by atoms with van der Waals surface area (Å²) in [4.78, 5) is 11.8. The van der Waals surface area contributed by atoms with Gasteiger partial charge in [0.25, 0.3) is 0 Å². The number of rotatable bonds is 4. The predicted molar refractivity (Wildman–Crippen MR) is 79.2 cm³/mol. The summed E-state index contributed by atoms with van der Waals surface area (Å²) in [5.74, 6) is -1.20. The number of hydrogen-bond donors (Lipinski definition) is 0. The van der Waals surface area contributed by atoms with Crippen LogP contribution >= 0.6 is 0 Å². The van der Waals surface area contributed by atoms with Gasteiger partial charge in [0.2, 0.25) is 6.41 Å². The number of hydrogen-bond acceptors (Lipinski definition) is 1. The molecule has 0 saturated carbocycles. The quantitative estimate of drug-likeness (QED) is 0.602. The summed E-state index contributed by atoms with van der Waals surface area (Å²) in [6.07, 6.45) is 2.28. The number of allylic oxidation sites excluding steroid dienone is 1. The third-order valence-electron chi connectivity index (χ3n) is 2.04. The lowest BCUT2D eigenvalue weighted by molar-refractivity contribution is -0.116. The Balaban J connectivity index is 0.000000796. The molecule has 4 heteroatoms. The highest BCUT2D eigenvalue weighted by molar-refractivity contribution is 5.55. The zero-order valence-corrected chi connectivity index (χ0v) is 12.4. The summed E-state index contributed by atoms with van der Waals surface area (Å²) in [6.45, 7) is 9.70. The van der Waals surface area contributed by atoms with Gasteiger partial charge >= 0.3 is 0 Å². The third-order valence-corrected chi connectivity index (χ3v) is 2.04. The first-order valence-electron chi connectivity index (χ1n) is 6.16. The molecular formula is C16H21F2NO. The van der Waals surface area contributed by atoms with Crippen molar-refractivity contribution in [2.45, 2.75) is 20.8 Å². The van der Waals surface area contributed by atoms with E-state index in [1.165, 1.54) is 22.6 Å². The fourth-order valence-corrected chi connectivity index (χ4v) is 1.36. The van der Waals surface area contributed by atoms with E-state index in [1.54, 1.807) is 20.0 Å². The largest absolute Gasteiger partial charge is 0.344 e. The molecule has 1 aromatic carbocycles. The van der Waals surface area contributed by atoms with Crippen molar-refractivity contribution in [1.82, 2.24) is 4.90 Å². The van der Waals surface area contributed by atoms with E-state index in [9.17, 15) is 13.6 Å². The number of halogens is 2. The maximum atomic E-state index is 13.3. The minimum Gasteiger partial charge on any atom is -0.344 e. The molecular weight excluding hydrogens is 260 g/mol. The molecule has 20 heavy (non-hydrogen) atoms. The van der Waals surface area contributed by atoms with Gasteiger partial charge in [-0.2, -0.15) is 0 Å². The lowest BCUT2D eigenvalue weighted by Crippen LogP contribution is -2.17. The molecule has 0 spiro atoms. The summed E-state index contributed by atoms with van der Waals surface area (Å²) in [5.41, 5.74) is 2.30. The zero-order chi connectivity index (χ0) is 15.7. The van der Waals surface area contributed by atoms with Crippen molar-refractivity contribution in [3.8, 4) is 0 Å². The van der Waals surface area contributed by atoms with Gasteiger partial charge in [-0.15, -0.1) is 6.58 Å². The Hall–Kier alpha value is -1.97.